The summed E-state index contributed by atoms with van der Waals surface area (Å²) in [5, 5.41) is 3.06. The van der Waals surface area contributed by atoms with Gasteiger partial charge in [0.2, 0.25) is 15.9 Å². The number of amides is 1. The molecule has 2 aromatic rings. The fourth-order valence-electron chi connectivity index (χ4n) is 4.74. The van der Waals surface area contributed by atoms with Crippen molar-refractivity contribution >= 4 is 15.9 Å². The molecule has 0 radical (unpaired) electrons. The van der Waals surface area contributed by atoms with Gasteiger partial charge in [0.25, 0.3) is 0 Å². The van der Waals surface area contributed by atoms with Crippen molar-refractivity contribution in [3.8, 4) is 0 Å². The zero-order chi connectivity index (χ0) is 24.0. The third-order valence-electron chi connectivity index (χ3n) is 6.60. The van der Waals surface area contributed by atoms with E-state index in [9.17, 15) is 13.2 Å². The second-order valence-electron chi connectivity index (χ2n) is 9.37. The number of hydrogen-bond acceptors (Lipinski definition) is 5. The van der Waals surface area contributed by atoms with E-state index in [-0.39, 0.29) is 23.7 Å². The molecule has 2 saturated heterocycles. The second-order valence-corrected chi connectivity index (χ2v) is 11.3. The van der Waals surface area contributed by atoms with Gasteiger partial charge in [0.15, 0.2) is 0 Å². The normalized spacial score (nSPS) is 20.8. The number of rotatable bonds is 8. The summed E-state index contributed by atoms with van der Waals surface area (Å²) in [4.78, 5) is 15.1. The highest BCUT2D eigenvalue weighted by atomic mass is 32.2. The van der Waals surface area contributed by atoms with Crippen LogP contribution in [0, 0.1) is 5.92 Å². The van der Waals surface area contributed by atoms with Gasteiger partial charge in [0.05, 0.1) is 18.5 Å². The van der Waals surface area contributed by atoms with Gasteiger partial charge in [-0.1, -0.05) is 54.6 Å². The summed E-state index contributed by atoms with van der Waals surface area (Å²) in [7, 11) is -3.37. The van der Waals surface area contributed by atoms with E-state index in [1.54, 1.807) is 0 Å². The first-order chi connectivity index (χ1) is 16.4. The van der Waals surface area contributed by atoms with Crippen molar-refractivity contribution in [1.82, 2.24) is 14.5 Å². The molecule has 2 aromatic carbocycles. The van der Waals surface area contributed by atoms with E-state index < -0.39 is 10.0 Å². The average Bonchev–Trinajstić information content (AvgIpc) is 2.83. The Morgan fingerprint density at radius 3 is 2.44 bits per heavy atom. The summed E-state index contributed by atoms with van der Waals surface area (Å²) < 4.78 is 32.6. The summed E-state index contributed by atoms with van der Waals surface area (Å²) in [6, 6.07) is 17.6. The van der Waals surface area contributed by atoms with Gasteiger partial charge in [0.1, 0.15) is 0 Å². The van der Waals surface area contributed by atoms with Gasteiger partial charge in [-0.05, 0) is 36.5 Å². The van der Waals surface area contributed by atoms with Crippen molar-refractivity contribution in [1.29, 1.82) is 0 Å². The van der Waals surface area contributed by atoms with Crippen molar-refractivity contribution in [2.75, 3.05) is 32.8 Å². The number of ether oxygens (including phenoxy) is 1. The molecule has 1 unspecified atom stereocenters. The zero-order valence-electron chi connectivity index (χ0n) is 19.9. The number of nitrogens with one attached hydrogen (secondary N) is 1. The Morgan fingerprint density at radius 1 is 1.00 bits per heavy atom. The van der Waals surface area contributed by atoms with E-state index in [0.717, 1.165) is 37.4 Å². The highest BCUT2D eigenvalue weighted by Crippen LogP contribution is 2.22. The lowest BCUT2D eigenvalue weighted by atomic mass is 9.97. The molecular formula is C26H35N3O4S. The average molecular weight is 486 g/mol. The Kier molecular flexibility index (Phi) is 8.37. The van der Waals surface area contributed by atoms with E-state index in [4.69, 9.17) is 4.74 Å². The Hall–Kier alpha value is -2.26. The number of nitrogens with zero attached hydrogens (tertiary/aromatic N) is 2. The van der Waals surface area contributed by atoms with E-state index in [1.807, 2.05) is 42.5 Å². The maximum Gasteiger partial charge on any atom is 0.223 e. The highest BCUT2D eigenvalue weighted by molar-refractivity contribution is 7.88. The smallest absolute Gasteiger partial charge is 0.223 e. The van der Waals surface area contributed by atoms with Gasteiger partial charge in [-0.25, -0.2) is 12.7 Å². The maximum atomic E-state index is 12.8. The zero-order valence-corrected chi connectivity index (χ0v) is 20.7. The van der Waals surface area contributed by atoms with E-state index in [0.29, 0.717) is 32.5 Å². The van der Waals surface area contributed by atoms with Crippen LogP contribution in [0.25, 0.3) is 0 Å². The van der Waals surface area contributed by atoms with Crippen LogP contribution in [0.2, 0.25) is 0 Å². The fourth-order valence-corrected chi connectivity index (χ4v) is 6.30. The van der Waals surface area contributed by atoms with E-state index >= 15 is 0 Å². The molecule has 1 amide bonds. The number of carbonyl (C=O) groups excluding carboxylic acids is 1. The Bertz CT molecular complexity index is 1050. The van der Waals surface area contributed by atoms with Crippen LogP contribution in [0.1, 0.15) is 36.5 Å². The summed E-state index contributed by atoms with van der Waals surface area (Å²) in [5.74, 6) is -0.140. The van der Waals surface area contributed by atoms with Crippen LogP contribution in [-0.4, -0.2) is 62.4 Å². The van der Waals surface area contributed by atoms with Crippen LogP contribution in [-0.2, 0) is 38.4 Å². The molecule has 0 spiro atoms. The highest BCUT2D eigenvalue weighted by Gasteiger charge is 2.31. The summed E-state index contributed by atoms with van der Waals surface area (Å²) in [6.07, 6.45) is 1.36. The summed E-state index contributed by atoms with van der Waals surface area (Å²) >= 11 is 0. The molecule has 0 aromatic heterocycles. The monoisotopic (exact) mass is 485 g/mol. The molecule has 0 aliphatic carbocycles. The lowest BCUT2D eigenvalue weighted by Gasteiger charge is -2.31. The third kappa shape index (κ3) is 6.88. The van der Waals surface area contributed by atoms with Crippen LogP contribution >= 0.6 is 0 Å². The van der Waals surface area contributed by atoms with Crippen LogP contribution in [0.3, 0.4) is 0 Å². The van der Waals surface area contributed by atoms with Crippen LogP contribution in [0.5, 0.6) is 0 Å². The molecule has 0 saturated carbocycles. The molecule has 1 atom stereocenters. The van der Waals surface area contributed by atoms with Gasteiger partial charge in [-0.15, -0.1) is 0 Å². The first kappa shape index (κ1) is 24.9. The quantitative estimate of drug-likeness (QED) is 0.622. The molecule has 184 valence electrons. The molecule has 34 heavy (non-hydrogen) atoms. The molecule has 8 heteroatoms. The number of benzene rings is 2. The Morgan fingerprint density at radius 2 is 1.71 bits per heavy atom. The van der Waals surface area contributed by atoms with Crippen LogP contribution < -0.4 is 5.32 Å². The van der Waals surface area contributed by atoms with Crippen molar-refractivity contribution < 1.29 is 17.9 Å². The Labute approximate surface area is 203 Å². The van der Waals surface area contributed by atoms with Crippen molar-refractivity contribution in [2.24, 2.45) is 5.92 Å². The third-order valence-corrected chi connectivity index (χ3v) is 8.45. The minimum absolute atomic E-state index is 0.00437. The number of sulfonamides is 1. The lowest BCUT2D eigenvalue weighted by Crippen LogP contribution is -2.43. The van der Waals surface area contributed by atoms with Gasteiger partial charge < -0.3 is 10.1 Å². The minimum Gasteiger partial charge on any atom is -0.376 e. The number of hydrogen-bond donors (Lipinski definition) is 1. The number of morpholine rings is 1. The van der Waals surface area contributed by atoms with Crippen molar-refractivity contribution in [3.63, 3.8) is 0 Å². The van der Waals surface area contributed by atoms with Gasteiger partial charge in [-0.2, -0.15) is 0 Å². The topological polar surface area (TPSA) is 79.0 Å². The summed E-state index contributed by atoms with van der Waals surface area (Å²) in [6.45, 7) is 6.88. The predicted molar refractivity (Wildman–Crippen MR) is 132 cm³/mol. The molecule has 2 aliphatic rings. The number of piperidine rings is 1. The van der Waals surface area contributed by atoms with Crippen molar-refractivity contribution in [3.05, 3.63) is 71.3 Å². The van der Waals surface area contributed by atoms with Gasteiger partial charge in [0, 0.05) is 45.2 Å². The SMILES string of the molecule is CC1CN(Cc2cccc(CNC(=O)C3CCN(S(=O)(=O)Cc4ccccc4)CC3)c2)CCO1. The van der Waals surface area contributed by atoms with Crippen LogP contribution in [0.15, 0.2) is 54.6 Å². The second kappa shape index (κ2) is 11.4. The van der Waals surface area contributed by atoms with Gasteiger partial charge in [-0.3, -0.25) is 9.69 Å². The number of carbonyl (C=O) groups is 1. The molecular weight excluding hydrogens is 450 g/mol. The first-order valence-corrected chi connectivity index (χ1v) is 13.7. The Balaban J connectivity index is 1.24. The van der Waals surface area contributed by atoms with E-state index in [1.165, 1.54) is 9.87 Å². The molecule has 2 aliphatic heterocycles. The molecule has 1 N–H and O–H groups in total. The van der Waals surface area contributed by atoms with Crippen LogP contribution in [0.4, 0.5) is 0 Å². The molecule has 2 fully saturated rings. The van der Waals surface area contributed by atoms with Crippen molar-refractivity contribution in [2.45, 2.75) is 44.7 Å². The molecule has 4 rings (SSSR count). The first-order valence-electron chi connectivity index (χ1n) is 12.1. The van der Waals surface area contributed by atoms with Gasteiger partial charge >= 0.3 is 0 Å². The largest absolute Gasteiger partial charge is 0.376 e. The molecule has 7 nitrogen and oxygen atoms in total. The maximum absolute atomic E-state index is 12.8. The fraction of sp³-hybridized carbons (Fsp3) is 0.500. The molecule has 0 bridgehead atoms. The standard InChI is InChI=1S/C26H35N3O4S/c1-21-18-28(14-15-33-21)19-24-9-5-8-23(16-24)17-27-26(30)25-10-12-29(13-11-25)34(31,32)20-22-6-3-2-4-7-22/h2-9,16,21,25H,10-15,17-20H2,1H3,(H,27,30). The molecule has 2 heterocycles. The predicted octanol–water partition coefficient (Wildman–Crippen LogP) is 2.77. The summed E-state index contributed by atoms with van der Waals surface area (Å²) in [5.41, 5.74) is 3.10. The lowest BCUT2D eigenvalue weighted by molar-refractivity contribution is -0.126. The minimum atomic E-state index is -3.37. The van der Waals surface area contributed by atoms with E-state index in [2.05, 4.69) is 29.3 Å².